The Morgan fingerprint density at radius 1 is 1.00 bits per heavy atom. The smallest absolute Gasteiger partial charge is 0.123 e. The minimum Gasteiger partial charge on any atom is -0.507 e. The van der Waals surface area contributed by atoms with Crippen LogP contribution in [0.25, 0.3) is 0 Å². The van der Waals surface area contributed by atoms with Crippen LogP contribution in [0.2, 0.25) is 0 Å². The van der Waals surface area contributed by atoms with Crippen molar-refractivity contribution in [3.63, 3.8) is 0 Å². The summed E-state index contributed by atoms with van der Waals surface area (Å²) in [7, 11) is 0. The first kappa shape index (κ1) is 23.1. The second kappa shape index (κ2) is 9.35. The average molecular weight is 377 g/mol. The first-order valence-corrected chi connectivity index (χ1v) is 10.9. The zero-order valence-corrected chi connectivity index (χ0v) is 19.3. The Labute approximate surface area is 166 Å². The number of phenols is 1. The van der Waals surface area contributed by atoms with Crippen molar-refractivity contribution >= 4 is 11.8 Å². The van der Waals surface area contributed by atoms with Crippen molar-refractivity contribution in [3.05, 3.63) is 34.9 Å². The van der Waals surface area contributed by atoms with E-state index in [9.17, 15) is 5.11 Å². The Bertz CT molecular complexity index is 575. The molecule has 0 saturated carbocycles. The van der Waals surface area contributed by atoms with E-state index < -0.39 is 0 Å². The van der Waals surface area contributed by atoms with Crippen molar-refractivity contribution in [2.45, 2.75) is 97.3 Å². The molecule has 0 aromatic heterocycles. The molecule has 2 heteroatoms. The number of aromatic hydroxyl groups is 1. The molecule has 1 rings (SSSR count). The van der Waals surface area contributed by atoms with Gasteiger partial charge in [0.25, 0.3) is 0 Å². The number of phenolic OH excluding ortho intramolecular Hbond substituents is 1. The summed E-state index contributed by atoms with van der Waals surface area (Å²) in [5.74, 6) is 2.36. The minimum absolute atomic E-state index is 0.0572. The lowest BCUT2D eigenvalue weighted by molar-refractivity contribution is 0.422. The maximum absolute atomic E-state index is 10.8. The summed E-state index contributed by atoms with van der Waals surface area (Å²) in [5.41, 5.74) is 3.42. The van der Waals surface area contributed by atoms with Gasteiger partial charge >= 0.3 is 0 Å². The van der Waals surface area contributed by atoms with Crippen molar-refractivity contribution in [1.29, 1.82) is 0 Å². The molecule has 0 aliphatic heterocycles. The predicted octanol–water partition coefficient (Wildman–Crippen LogP) is 7.85. The zero-order chi connectivity index (χ0) is 20.1. The van der Waals surface area contributed by atoms with Crippen molar-refractivity contribution < 1.29 is 5.11 Å². The summed E-state index contributed by atoms with van der Waals surface area (Å²) in [6.07, 6.45) is 6.03. The molecule has 0 spiro atoms. The molecular formula is C24H40OS. The second-order valence-corrected chi connectivity index (χ2v) is 11.1. The molecule has 0 amide bonds. The van der Waals surface area contributed by atoms with Crippen LogP contribution in [0.5, 0.6) is 5.75 Å². The van der Waals surface area contributed by atoms with Crippen molar-refractivity contribution in [3.8, 4) is 5.75 Å². The Morgan fingerprint density at radius 2 is 1.50 bits per heavy atom. The molecule has 0 aliphatic carbocycles. The second-order valence-electron chi connectivity index (χ2n) is 9.97. The Balaban J connectivity index is 2.85. The van der Waals surface area contributed by atoms with Crippen molar-refractivity contribution in [2.24, 2.45) is 5.92 Å². The standard InChI is InChI=1S/C24H40OS/c1-17(2)11-10-12-18(3)13-14-26-19-15-20(23(4,5)6)22(25)21(16-19)24(7,8)9/h11,15-16,18,25H,10,12-14H2,1-9H3. The predicted molar refractivity (Wildman–Crippen MR) is 119 cm³/mol. The third-order valence-electron chi connectivity index (χ3n) is 4.79. The molecule has 26 heavy (non-hydrogen) atoms. The van der Waals surface area contributed by atoms with Gasteiger partial charge < -0.3 is 5.11 Å². The number of benzene rings is 1. The molecule has 1 aromatic rings. The quantitative estimate of drug-likeness (QED) is 0.386. The molecule has 1 aromatic carbocycles. The molecule has 0 fully saturated rings. The lowest BCUT2D eigenvalue weighted by atomic mass is 9.79. The van der Waals surface area contributed by atoms with E-state index in [1.54, 1.807) is 0 Å². The molecule has 0 bridgehead atoms. The molecule has 148 valence electrons. The summed E-state index contributed by atoms with van der Waals surface area (Å²) in [6.45, 7) is 19.8. The Hall–Kier alpha value is -0.890. The van der Waals surface area contributed by atoms with Crippen LogP contribution >= 0.6 is 11.8 Å². The lowest BCUT2D eigenvalue weighted by Gasteiger charge is -2.28. The average Bonchev–Trinajstić information content (AvgIpc) is 2.45. The van der Waals surface area contributed by atoms with Gasteiger partial charge in [-0.3, -0.25) is 0 Å². The summed E-state index contributed by atoms with van der Waals surface area (Å²) in [4.78, 5) is 1.29. The molecule has 1 unspecified atom stereocenters. The van der Waals surface area contributed by atoms with E-state index in [0.29, 0.717) is 5.75 Å². The van der Waals surface area contributed by atoms with Crippen molar-refractivity contribution in [1.82, 2.24) is 0 Å². The fourth-order valence-corrected chi connectivity index (χ4v) is 4.17. The highest BCUT2D eigenvalue weighted by atomic mass is 32.2. The third-order valence-corrected chi connectivity index (χ3v) is 5.80. The Kier molecular flexibility index (Phi) is 8.33. The van der Waals surface area contributed by atoms with Gasteiger partial charge in [-0.05, 0) is 67.7 Å². The number of hydrogen-bond acceptors (Lipinski definition) is 2. The molecule has 1 nitrogen and oxygen atoms in total. The summed E-state index contributed by atoms with van der Waals surface area (Å²) in [5, 5.41) is 10.8. The van der Waals surface area contributed by atoms with Crippen LogP contribution in [-0.4, -0.2) is 10.9 Å². The zero-order valence-electron chi connectivity index (χ0n) is 18.5. The number of allylic oxidation sites excluding steroid dienone is 2. The van der Waals surface area contributed by atoms with E-state index in [1.165, 1.54) is 29.7 Å². The summed E-state index contributed by atoms with van der Waals surface area (Å²) in [6, 6.07) is 4.40. The molecule has 0 saturated heterocycles. The lowest BCUT2D eigenvalue weighted by Crippen LogP contribution is -2.17. The van der Waals surface area contributed by atoms with Gasteiger partial charge in [-0.25, -0.2) is 0 Å². The highest BCUT2D eigenvalue weighted by molar-refractivity contribution is 7.99. The van der Waals surface area contributed by atoms with Crippen molar-refractivity contribution in [2.75, 3.05) is 5.75 Å². The fraction of sp³-hybridized carbons (Fsp3) is 0.667. The van der Waals surface area contributed by atoms with Gasteiger partial charge in [0.1, 0.15) is 5.75 Å². The van der Waals surface area contributed by atoms with Crippen LogP contribution in [0.1, 0.15) is 92.7 Å². The van der Waals surface area contributed by atoms with Crippen LogP contribution in [-0.2, 0) is 10.8 Å². The third kappa shape index (κ3) is 7.39. The van der Waals surface area contributed by atoms with E-state index in [4.69, 9.17) is 0 Å². The van der Waals surface area contributed by atoms with Crippen LogP contribution in [0, 0.1) is 5.92 Å². The van der Waals surface area contributed by atoms with Gasteiger partial charge in [-0.2, -0.15) is 0 Å². The molecule has 0 radical (unpaired) electrons. The summed E-state index contributed by atoms with van der Waals surface area (Å²) < 4.78 is 0. The fourth-order valence-electron chi connectivity index (χ4n) is 3.01. The van der Waals surface area contributed by atoms with Gasteiger partial charge in [-0.1, -0.05) is 60.1 Å². The highest BCUT2D eigenvalue weighted by Crippen LogP contribution is 2.41. The maximum atomic E-state index is 10.8. The highest BCUT2D eigenvalue weighted by Gasteiger charge is 2.26. The van der Waals surface area contributed by atoms with E-state index in [-0.39, 0.29) is 10.8 Å². The largest absolute Gasteiger partial charge is 0.507 e. The number of hydrogen-bond donors (Lipinski definition) is 1. The molecule has 0 heterocycles. The first-order valence-electron chi connectivity index (χ1n) is 9.96. The van der Waals surface area contributed by atoms with Crippen LogP contribution in [0.3, 0.4) is 0 Å². The topological polar surface area (TPSA) is 20.2 Å². The van der Waals surface area contributed by atoms with E-state index in [1.807, 2.05) is 11.8 Å². The molecule has 1 N–H and O–H groups in total. The summed E-state index contributed by atoms with van der Waals surface area (Å²) >= 11 is 1.93. The van der Waals surface area contributed by atoms with Crippen LogP contribution in [0.15, 0.2) is 28.7 Å². The van der Waals surface area contributed by atoms with Gasteiger partial charge in [0.15, 0.2) is 0 Å². The number of rotatable bonds is 7. The van der Waals surface area contributed by atoms with E-state index >= 15 is 0 Å². The first-order chi connectivity index (χ1) is 11.8. The van der Waals surface area contributed by atoms with Crippen LogP contribution < -0.4 is 0 Å². The Morgan fingerprint density at radius 3 is 1.92 bits per heavy atom. The van der Waals surface area contributed by atoms with E-state index in [0.717, 1.165) is 22.8 Å². The van der Waals surface area contributed by atoms with Gasteiger partial charge in [0.2, 0.25) is 0 Å². The monoisotopic (exact) mass is 376 g/mol. The SMILES string of the molecule is CC(C)=CCCC(C)CCSc1cc(C(C)(C)C)c(O)c(C(C)(C)C)c1. The minimum atomic E-state index is -0.0572. The normalized spacial score (nSPS) is 13.6. The number of thioether (sulfide) groups is 1. The van der Waals surface area contributed by atoms with Crippen LogP contribution in [0.4, 0.5) is 0 Å². The van der Waals surface area contributed by atoms with Gasteiger partial charge in [0, 0.05) is 16.0 Å². The molecule has 1 atom stereocenters. The van der Waals surface area contributed by atoms with Gasteiger partial charge in [-0.15, -0.1) is 11.8 Å². The molecular weight excluding hydrogens is 336 g/mol. The van der Waals surface area contributed by atoms with E-state index in [2.05, 4.69) is 80.5 Å². The van der Waals surface area contributed by atoms with Gasteiger partial charge in [0.05, 0.1) is 0 Å². The maximum Gasteiger partial charge on any atom is 0.123 e. The molecule has 0 aliphatic rings.